The van der Waals surface area contributed by atoms with Gasteiger partial charge >= 0.3 is 0 Å². The minimum absolute atomic E-state index is 0.270. The second-order valence-corrected chi connectivity index (χ2v) is 6.52. The van der Waals surface area contributed by atoms with E-state index in [4.69, 9.17) is 4.74 Å². The van der Waals surface area contributed by atoms with Crippen LogP contribution in [0.5, 0.6) is 0 Å². The number of ether oxygens (including phenoxy) is 1. The van der Waals surface area contributed by atoms with Crippen LogP contribution < -0.4 is 0 Å². The van der Waals surface area contributed by atoms with Crippen molar-refractivity contribution in [3.8, 4) is 0 Å². The zero-order valence-electron chi connectivity index (χ0n) is 14.6. The minimum atomic E-state index is -0.408. The Morgan fingerprint density at radius 1 is 0.731 bits per heavy atom. The maximum atomic E-state index is 11.7. The van der Waals surface area contributed by atoms with Gasteiger partial charge in [-0.1, -0.05) is 78.9 Å². The van der Waals surface area contributed by atoms with Crippen molar-refractivity contribution in [1.29, 1.82) is 0 Å². The smallest absolute Gasteiger partial charge is 0.113 e. The molecule has 4 aromatic rings. The van der Waals surface area contributed by atoms with Gasteiger partial charge in [0, 0.05) is 0 Å². The fraction of sp³-hybridized carbons (Fsp3) is 0.167. The van der Waals surface area contributed by atoms with Crippen LogP contribution in [-0.2, 0) is 16.3 Å². The summed E-state index contributed by atoms with van der Waals surface area (Å²) in [6.07, 6.45) is 0.389. The molecule has 4 aromatic carbocycles. The van der Waals surface area contributed by atoms with Crippen LogP contribution in [0, 0.1) is 0 Å². The van der Waals surface area contributed by atoms with Gasteiger partial charge in [-0.25, -0.2) is 5.11 Å². The average molecular weight is 341 g/mol. The second kappa shape index (κ2) is 7.69. The third-order valence-electron chi connectivity index (χ3n) is 4.87. The first kappa shape index (κ1) is 16.8. The lowest BCUT2D eigenvalue weighted by Crippen LogP contribution is -2.10. The summed E-state index contributed by atoms with van der Waals surface area (Å²) < 4.78 is 5.97. The van der Waals surface area contributed by atoms with Gasteiger partial charge in [-0.3, -0.25) is 0 Å². The van der Waals surface area contributed by atoms with E-state index in [0.717, 1.165) is 17.4 Å². The number of hydrogen-bond acceptors (Lipinski definition) is 1. The lowest BCUT2D eigenvalue weighted by molar-refractivity contribution is -0.00885. The molecule has 0 bridgehead atoms. The topological polar surface area (TPSA) is 29.1 Å². The number of hydrogen-bond donors (Lipinski definition) is 0. The Hall–Kier alpha value is -2.68. The zero-order valence-corrected chi connectivity index (χ0v) is 14.6. The molecular weight excluding hydrogens is 320 g/mol. The van der Waals surface area contributed by atoms with Crippen LogP contribution in [0.15, 0.2) is 84.9 Å². The summed E-state index contributed by atoms with van der Waals surface area (Å²) in [5, 5.41) is 16.5. The summed E-state index contributed by atoms with van der Waals surface area (Å²) in [5.74, 6) is 0. The largest absolute Gasteiger partial charge is 0.371 e. The van der Waals surface area contributed by atoms with Gasteiger partial charge in [0.15, 0.2) is 0 Å². The van der Waals surface area contributed by atoms with Crippen LogP contribution in [0.1, 0.15) is 17.2 Å². The van der Waals surface area contributed by atoms with Gasteiger partial charge in [-0.05, 0) is 45.2 Å². The first-order chi connectivity index (χ1) is 12.8. The molecule has 129 valence electrons. The highest BCUT2D eigenvalue weighted by atomic mass is 16.5. The molecule has 2 heteroatoms. The lowest BCUT2D eigenvalue weighted by Gasteiger charge is -2.16. The van der Waals surface area contributed by atoms with Gasteiger partial charge in [0.25, 0.3) is 0 Å². The van der Waals surface area contributed by atoms with Crippen molar-refractivity contribution >= 4 is 21.5 Å². The van der Waals surface area contributed by atoms with Crippen molar-refractivity contribution in [1.82, 2.24) is 0 Å². The van der Waals surface area contributed by atoms with Gasteiger partial charge in [-0.2, -0.15) is 0 Å². The molecule has 0 saturated heterocycles. The highest BCUT2D eigenvalue weighted by Gasteiger charge is 2.12. The Morgan fingerprint density at radius 3 is 2.31 bits per heavy atom. The second-order valence-electron chi connectivity index (χ2n) is 6.52. The standard InChI is InChI=1S/C24H21O2/c25-17-24(22-13-12-18-6-1-2-8-21(18)16-22)26-15-14-20-10-5-9-19-7-3-4-11-23(19)20/h1-13,16,24H,14-15,17H2. The summed E-state index contributed by atoms with van der Waals surface area (Å²) in [6.45, 7) is 0.265. The molecule has 26 heavy (non-hydrogen) atoms. The maximum Gasteiger partial charge on any atom is 0.113 e. The van der Waals surface area contributed by atoms with Gasteiger partial charge in [0.2, 0.25) is 0 Å². The van der Waals surface area contributed by atoms with Gasteiger partial charge in [-0.15, -0.1) is 0 Å². The molecular formula is C24H21O2. The molecule has 0 aliphatic heterocycles. The number of benzene rings is 4. The third-order valence-corrected chi connectivity index (χ3v) is 4.87. The van der Waals surface area contributed by atoms with Crippen molar-refractivity contribution in [2.75, 3.05) is 13.2 Å². The molecule has 2 nitrogen and oxygen atoms in total. The summed E-state index contributed by atoms with van der Waals surface area (Å²) >= 11 is 0. The van der Waals surface area contributed by atoms with Crippen LogP contribution >= 0.6 is 0 Å². The van der Waals surface area contributed by atoms with E-state index in [1.807, 2.05) is 18.2 Å². The predicted molar refractivity (Wildman–Crippen MR) is 106 cm³/mol. The molecule has 0 heterocycles. The SMILES string of the molecule is [O]CC(OCCc1cccc2ccccc12)c1ccc2ccccc2c1. The molecule has 0 saturated carbocycles. The molecule has 1 radical (unpaired) electrons. The quantitative estimate of drug-likeness (QED) is 0.441. The van der Waals surface area contributed by atoms with E-state index < -0.39 is 6.10 Å². The third kappa shape index (κ3) is 3.48. The van der Waals surface area contributed by atoms with Crippen molar-refractivity contribution in [2.45, 2.75) is 12.5 Å². The van der Waals surface area contributed by atoms with E-state index in [9.17, 15) is 5.11 Å². The molecule has 0 aromatic heterocycles. The molecule has 0 aliphatic rings. The van der Waals surface area contributed by atoms with Crippen LogP contribution in [0.2, 0.25) is 0 Å². The number of fused-ring (bicyclic) bond motifs is 2. The summed E-state index contributed by atoms with van der Waals surface area (Å²) in [5.41, 5.74) is 2.21. The molecule has 0 amide bonds. The average Bonchev–Trinajstić information content (AvgIpc) is 2.71. The van der Waals surface area contributed by atoms with E-state index in [2.05, 4.69) is 66.7 Å². The van der Waals surface area contributed by atoms with Gasteiger partial charge in [0.1, 0.15) is 12.7 Å². The zero-order chi connectivity index (χ0) is 17.8. The highest BCUT2D eigenvalue weighted by molar-refractivity contribution is 5.85. The van der Waals surface area contributed by atoms with Crippen molar-refractivity contribution < 1.29 is 9.84 Å². The number of rotatable bonds is 6. The first-order valence-corrected chi connectivity index (χ1v) is 9.00. The molecule has 0 N–H and O–H groups in total. The van der Waals surface area contributed by atoms with E-state index >= 15 is 0 Å². The lowest BCUT2D eigenvalue weighted by atomic mass is 10.0. The Morgan fingerprint density at radius 2 is 1.46 bits per heavy atom. The fourth-order valence-electron chi connectivity index (χ4n) is 3.47. The van der Waals surface area contributed by atoms with Crippen LogP contribution in [-0.4, -0.2) is 13.2 Å². The van der Waals surface area contributed by atoms with E-state index in [0.29, 0.717) is 6.61 Å². The molecule has 0 aliphatic carbocycles. The molecule has 1 atom stereocenters. The van der Waals surface area contributed by atoms with Gasteiger partial charge in [0.05, 0.1) is 6.61 Å². The van der Waals surface area contributed by atoms with Crippen LogP contribution in [0.25, 0.3) is 21.5 Å². The monoisotopic (exact) mass is 341 g/mol. The van der Waals surface area contributed by atoms with Crippen LogP contribution in [0.3, 0.4) is 0 Å². The molecule has 1 unspecified atom stereocenters. The van der Waals surface area contributed by atoms with Crippen molar-refractivity contribution in [3.63, 3.8) is 0 Å². The Kier molecular flexibility index (Phi) is 4.96. The summed E-state index contributed by atoms with van der Waals surface area (Å²) in [6, 6.07) is 29.0. The van der Waals surface area contributed by atoms with Crippen LogP contribution in [0.4, 0.5) is 0 Å². The van der Waals surface area contributed by atoms with Gasteiger partial charge < -0.3 is 4.74 Å². The Bertz CT molecular complexity index is 1020. The van der Waals surface area contributed by atoms with Crippen molar-refractivity contribution in [2.24, 2.45) is 0 Å². The summed E-state index contributed by atoms with van der Waals surface area (Å²) in [7, 11) is 0. The van der Waals surface area contributed by atoms with Crippen molar-refractivity contribution in [3.05, 3.63) is 96.1 Å². The predicted octanol–water partition coefficient (Wildman–Crippen LogP) is 5.72. The first-order valence-electron chi connectivity index (χ1n) is 9.00. The Labute approximate surface area is 153 Å². The highest BCUT2D eigenvalue weighted by Crippen LogP contribution is 2.24. The molecule has 4 rings (SSSR count). The van der Waals surface area contributed by atoms with E-state index in [1.54, 1.807) is 0 Å². The normalized spacial score (nSPS) is 12.5. The molecule has 0 spiro atoms. The fourth-order valence-corrected chi connectivity index (χ4v) is 3.47. The minimum Gasteiger partial charge on any atom is -0.371 e. The van der Waals surface area contributed by atoms with E-state index in [-0.39, 0.29) is 6.61 Å². The summed E-state index contributed by atoms with van der Waals surface area (Å²) in [4.78, 5) is 0. The molecule has 0 fully saturated rings. The van der Waals surface area contributed by atoms with E-state index in [1.165, 1.54) is 21.7 Å². The maximum absolute atomic E-state index is 11.7. The Balaban J connectivity index is 1.48.